The molecule has 32 heavy (non-hydrogen) atoms. The van der Waals surface area contributed by atoms with E-state index in [-0.39, 0.29) is 6.42 Å². The second-order valence-electron chi connectivity index (χ2n) is 8.14. The van der Waals surface area contributed by atoms with Crippen molar-refractivity contribution in [1.82, 2.24) is 4.98 Å². The average molecular weight is 435 g/mol. The Balaban J connectivity index is 1.65. The van der Waals surface area contributed by atoms with Gasteiger partial charge < -0.3 is 9.47 Å². The van der Waals surface area contributed by atoms with Crippen LogP contribution in [-0.4, -0.2) is 30.1 Å². The molecule has 0 spiro atoms. The number of methoxy groups -OCH3 is 1. The fourth-order valence-corrected chi connectivity index (χ4v) is 3.91. The van der Waals surface area contributed by atoms with E-state index in [1.165, 1.54) is 6.07 Å². The summed E-state index contributed by atoms with van der Waals surface area (Å²) in [5.41, 5.74) is 3.07. The van der Waals surface area contributed by atoms with Crippen LogP contribution in [0.1, 0.15) is 39.7 Å². The summed E-state index contributed by atoms with van der Waals surface area (Å²) in [5.74, 6) is -1.64. The van der Waals surface area contributed by atoms with Crippen LogP contribution in [0.4, 0.5) is 8.78 Å². The molecule has 0 saturated carbocycles. The topological polar surface area (TPSA) is 48.4 Å². The lowest BCUT2D eigenvalue weighted by Crippen LogP contribution is -2.37. The Morgan fingerprint density at radius 1 is 1.12 bits per heavy atom. The summed E-state index contributed by atoms with van der Waals surface area (Å²) in [6.07, 6.45) is 3.48. The van der Waals surface area contributed by atoms with Gasteiger partial charge in [0.25, 0.3) is 0 Å². The molecule has 0 aliphatic carbocycles. The second kappa shape index (κ2) is 8.63. The number of ketones is 1. The molecule has 1 aliphatic rings. The van der Waals surface area contributed by atoms with Crippen LogP contribution in [-0.2, 0) is 11.2 Å². The number of ether oxygens (including phenoxy) is 2. The van der Waals surface area contributed by atoms with Gasteiger partial charge in [-0.05, 0) is 55.8 Å². The number of fused-ring (bicyclic) bond motifs is 1. The molecule has 1 unspecified atom stereocenters. The number of rotatable bonds is 6. The van der Waals surface area contributed by atoms with Crippen molar-refractivity contribution >= 4 is 11.4 Å². The first-order valence-electron chi connectivity index (χ1n) is 10.2. The van der Waals surface area contributed by atoms with E-state index in [1.807, 2.05) is 44.2 Å². The Bertz CT molecular complexity index is 1180. The van der Waals surface area contributed by atoms with Gasteiger partial charge in [-0.2, -0.15) is 0 Å². The Kier molecular flexibility index (Phi) is 5.89. The van der Waals surface area contributed by atoms with Crippen LogP contribution in [0.2, 0.25) is 0 Å². The summed E-state index contributed by atoms with van der Waals surface area (Å²) in [7, 11) is 1.62. The summed E-state index contributed by atoms with van der Waals surface area (Å²) in [6.45, 7) is 4.33. The lowest BCUT2D eigenvalue weighted by Gasteiger charge is -2.34. The smallest absolute Gasteiger partial charge is 0.174 e. The lowest BCUT2D eigenvalue weighted by molar-refractivity contribution is 0.0374. The van der Waals surface area contributed by atoms with Gasteiger partial charge >= 0.3 is 0 Å². The van der Waals surface area contributed by atoms with Crippen LogP contribution in [0, 0.1) is 18.6 Å². The maximum atomic E-state index is 13.9. The molecule has 0 saturated heterocycles. The van der Waals surface area contributed by atoms with E-state index in [1.54, 1.807) is 19.4 Å². The third-order valence-electron chi connectivity index (χ3n) is 5.37. The number of pyridine rings is 1. The van der Waals surface area contributed by atoms with Gasteiger partial charge in [0.05, 0.1) is 18.6 Å². The SMILES string of the molecule is COCC1(C)C=C(c2ccc(CC(=O)c3c(F)cccc3F)nc2)c2cc(C)ccc2O1. The highest BCUT2D eigenvalue weighted by Crippen LogP contribution is 2.40. The number of carbonyl (C=O) groups excluding carboxylic acids is 1. The van der Waals surface area contributed by atoms with Crippen molar-refractivity contribution in [3.63, 3.8) is 0 Å². The second-order valence-corrected chi connectivity index (χ2v) is 8.14. The molecule has 0 bridgehead atoms. The minimum atomic E-state index is -0.872. The summed E-state index contributed by atoms with van der Waals surface area (Å²) in [4.78, 5) is 16.8. The number of nitrogens with zero attached hydrogens (tertiary/aromatic N) is 1. The number of halogens is 2. The molecule has 3 aromatic rings. The monoisotopic (exact) mass is 435 g/mol. The van der Waals surface area contributed by atoms with E-state index in [4.69, 9.17) is 9.47 Å². The highest BCUT2D eigenvalue weighted by Gasteiger charge is 2.31. The standard InChI is InChI=1S/C26H23F2NO3/c1-16-7-10-24-19(11-16)20(13-26(2,32-24)15-31-3)17-8-9-18(29-14-17)12-23(30)25-21(27)5-4-6-22(25)28/h4-11,13-14H,12,15H2,1-3H3. The minimum absolute atomic E-state index is 0.197. The zero-order valence-corrected chi connectivity index (χ0v) is 18.1. The molecule has 2 heterocycles. The normalized spacial score (nSPS) is 17.3. The number of Topliss-reactive ketones (excluding diaryl/α,β-unsaturated/α-hetero) is 1. The quantitative estimate of drug-likeness (QED) is 0.492. The number of benzene rings is 2. The van der Waals surface area contributed by atoms with Gasteiger partial charge in [0, 0.05) is 30.1 Å². The molecule has 4 rings (SSSR count). The first-order valence-corrected chi connectivity index (χ1v) is 10.2. The molecule has 0 amide bonds. The van der Waals surface area contributed by atoms with Crippen molar-refractivity contribution in [2.24, 2.45) is 0 Å². The predicted molar refractivity (Wildman–Crippen MR) is 118 cm³/mol. The number of hydrogen-bond acceptors (Lipinski definition) is 4. The highest BCUT2D eigenvalue weighted by molar-refractivity contribution is 5.97. The van der Waals surface area contributed by atoms with Crippen molar-refractivity contribution in [2.75, 3.05) is 13.7 Å². The molecule has 6 heteroatoms. The highest BCUT2D eigenvalue weighted by atomic mass is 19.1. The lowest BCUT2D eigenvalue weighted by atomic mass is 9.89. The number of carbonyl (C=O) groups is 1. The van der Waals surface area contributed by atoms with Crippen molar-refractivity contribution in [3.05, 3.63) is 100 Å². The third-order valence-corrected chi connectivity index (χ3v) is 5.37. The molecule has 164 valence electrons. The van der Waals surface area contributed by atoms with Crippen LogP contribution in [0.25, 0.3) is 5.57 Å². The van der Waals surface area contributed by atoms with E-state index in [9.17, 15) is 13.6 Å². The number of aromatic nitrogens is 1. The number of aryl methyl sites for hydroxylation is 1. The zero-order valence-electron chi connectivity index (χ0n) is 18.1. The summed E-state index contributed by atoms with van der Waals surface area (Å²) in [5, 5.41) is 0. The maximum absolute atomic E-state index is 13.9. The van der Waals surface area contributed by atoms with Crippen molar-refractivity contribution < 1.29 is 23.0 Å². The van der Waals surface area contributed by atoms with Gasteiger partial charge in [-0.15, -0.1) is 0 Å². The zero-order chi connectivity index (χ0) is 22.9. The van der Waals surface area contributed by atoms with Gasteiger partial charge in [0.1, 0.15) is 23.0 Å². The Hall–Kier alpha value is -3.38. The molecule has 0 radical (unpaired) electrons. The fraction of sp³-hybridized carbons (Fsp3) is 0.231. The predicted octanol–water partition coefficient (Wildman–Crippen LogP) is 5.32. The fourth-order valence-electron chi connectivity index (χ4n) is 3.91. The molecule has 1 atom stereocenters. The molecule has 0 fully saturated rings. The van der Waals surface area contributed by atoms with Gasteiger partial charge in [0.15, 0.2) is 5.78 Å². The minimum Gasteiger partial charge on any atom is -0.480 e. The van der Waals surface area contributed by atoms with E-state index in [0.717, 1.165) is 40.1 Å². The molecule has 4 nitrogen and oxygen atoms in total. The van der Waals surface area contributed by atoms with Crippen LogP contribution in [0.15, 0.2) is 60.8 Å². The molecule has 0 N–H and O–H groups in total. The van der Waals surface area contributed by atoms with Gasteiger partial charge in [-0.3, -0.25) is 9.78 Å². The van der Waals surface area contributed by atoms with Crippen LogP contribution < -0.4 is 4.74 Å². The van der Waals surface area contributed by atoms with E-state index >= 15 is 0 Å². The van der Waals surface area contributed by atoms with Crippen molar-refractivity contribution in [2.45, 2.75) is 25.9 Å². The Morgan fingerprint density at radius 2 is 1.88 bits per heavy atom. The first kappa shape index (κ1) is 21.8. The summed E-state index contributed by atoms with van der Waals surface area (Å²) < 4.78 is 39.3. The average Bonchev–Trinajstić information content (AvgIpc) is 2.74. The Morgan fingerprint density at radius 3 is 2.53 bits per heavy atom. The molecule has 1 aromatic heterocycles. The summed E-state index contributed by atoms with van der Waals surface area (Å²) in [6, 6.07) is 12.9. The third kappa shape index (κ3) is 4.32. The van der Waals surface area contributed by atoms with Crippen molar-refractivity contribution in [3.8, 4) is 5.75 Å². The van der Waals surface area contributed by atoms with Crippen molar-refractivity contribution in [1.29, 1.82) is 0 Å². The van der Waals surface area contributed by atoms with Crippen LogP contribution >= 0.6 is 0 Å². The van der Waals surface area contributed by atoms with E-state index < -0.39 is 28.6 Å². The molecule has 1 aliphatic heterocycles. The summed E-state index contributed by atoms with van der Waals surface area (Å²) >= 11 is 0. The van der Waals surface area contributed by atoms with E-state index in [0.29, 0.717) is 12.3 Å². The maximum Gasteiger partial charge on any atom is 0.174 e. The molecule has 2 aromatic carbocycles. The van der Waals surface area contributed by atoms with Crippen LogP contribution in [0.5, 0.6) is 5.75 Å². The first-order chi connectivity index (χ1) is 15.3. The number of hydrogen-bond donors (Lipinski definition) is 0. The molecular weight excluding hydrogens is 412 g/mol. The Labute approximate surface area is 185 Å². The largest absolute Gasteiger partial charge is 0.480 e. The van der Waals surface area contributed by atoms with E-state index in [2.05, 4.69) is 4.98 Å². The van der Waals surface area contributed by atoms with Gasteiger partial charge in [0.2, 0.25) is 0 Å². The van der Waals surface area contributed by atoms with Crippen LogP contribution in [0.3, 0.4) is 0 Å². The van der Waals surface area contributed by atoms with Gasteiger partial charge in [-0.25, -0.2) is 8.78 Å². The van der Waals surface area contributed by atoms with Gasteiger partial charge in [-0.1, -0.05) is 23.8 Å². The molecular formula is C26H23F2NO3.